The minimum Gasteiger partial charge on any atom is -0.508 e. The lowest BCUT2D eigenvalue weighted by atomic mass is 9.84. The summed E-state index contributed by atoms with van der Waals surface area (Å²) in [6.45, 7) is 0. The molecule has 0 bridgehead atoms. The van der Waals surface area contributed by atoms with Gasteiger partial charge in [-0.15, -0.1) is 0 Å². The van der Waals surface area contributed by atoms with Gasteiger partial charge in [0.05, 0.1) is 0 Å². The van der Waals surface area contributed by atoms with Crippen molar-refractivity contribution < 1.29 is 15.3 Å². The molecular weight excluding hydrogens is 336 g/mol. The lowest BCUT2D eigenvalue weighted by Crippen LogP contribution is -2.20. The number of fused-ring (bicyclic) bond motifs is 7. The Morgan fingerprint density at radius 1 is 0.778 bits per heavy atom. The van der Waals surface area contributed by atoms with Crippen LogP contribution in [0.25, 0.3) is 49.9 Å². The highest BCUT2D eigenvalue weighted by atomic mass is 16.3. The van der Waals surface area contributed by atoms with Gasteiger partial charge in [-0.1, -0.05) is 42.5 Å². The number of aliphatic hydroxyl groups is 2. The third kappa shape index (κ3) is 1.82. The largest absolute Gasteiger partial charge is 0.508 e. The van der Waals surface area contributed by atoms with Crippen molar-refractivity contribution in [3.8, 4) is 28.0 Å². The average molecular weight is 352 g/mol. The van der Waals surface area contributed by atoms with E-state index in [2.05, 4.69) is 24.3 Å². The summed E-state index contributed by atoms with van der Waals surface area (Å²) in [4.78, 5) is 0. The molecule has 0 saturated heterocycles. The first-order valence-electron chi connectivity index (χ1n) is 9.04. The van der Waals surface area contributed by atoms with E-state index in [0.29, 0.717) is 0 Å². The van der Waals surface area contributed by atoms with E-state index in [9.17, 15) is 15.3 Å². The van der Waals surface area contributed by atoms with E-state index in [1.54, 1.807) is 18.2 Å². The molecule has 6 rings (SSSR count). The second-order valence-electron chi connectivity index (χ2n) is 7.35. The summed E-state index contributed by atoms with van der Waals surface area (Å²) in [6.07, 6.45) is 1.65. The molecule has 0 spiro atoms. The maximum absolute atomic E-state index is 10.8. The fourth-order valence-corrected chi connectivity index (χ4v) is 4.71. The molecule has 0 saturated carbocycles. The minimum absolute atomic E-state index is 0.220. The van der Waals surface area contributed by atoms with Crippen molar-refractivity contribution in [3.63, 3.8) is 0 Å². The van der Waals surface area contributed by atoms with Crippen molar-refractivity contribution in [2.45, 2.75) is 12.2 Å². The topological polar surface area (TPSA) is 60.7 Å². The van der Waals surface area contributed by atoms with Crippen LogP contribution in [0.15, 0.2) is 60.7 Å². The molecule has 2 aliphatic carbocycles. The highest BCUT2D eigenvalue weighted by Gasteiger charge is 2.33. The Labute approximate surface area is 155 Å². The molecule has 0 radical (unpaired) electrons. The lowest BCUT2D eigenvalue weighted by Gasteiger charge is -2.25. The standard InChI is InChI=1S/C24H16O3/c25-14-6-7-16-17(11-14)19-9-12-3-1-2-4-15(12)18-10-13-5-8-20(26)24(27)21(13)23(16)22(18)19/h1-11,20,24-27H. The minimum atomic E-state index is -0.969. The van der Waals surface area contributed by atoms with E-state index in [1.807, 2.05) is 24.3 Å². The van der Waals surface area contributed by atoms with Crippen LogP contribution in [0.4, 0.5) is 0 Å². The van der Waals surface area contributed by atoms with Gasteiger partial charge in [0.25, 0.3) is 0 Å². The van der Waals surface area contributed by atoms with Crippen LogP contribution >= 0.6 is 0 Å². The van der Waals surface area contributed by atoms with Gasteiger partial charge >= 0.3 is 0 Å². The highest BCUT2D eigenvalue weighted by molar-refractivity contribution is 6.24. The van der Waals surface area contributed by atoms with Gasteiger partial charge in [0.15, 0.2) is 0 Å². The number of benzene rings is 4. The first kappa shape index (κ1) is 15.0. The smallest absolute Gasteiger partial charge is 0.116 e. The number of rotatable bonds is 0. The third-order valence-electron chi connectivity index (χ3n) is 5.87. The zero-order chi connectivity index (χ0) is 18.3. The Kier molecular flexibility index (Phi) is 2.76. The Morgan fingerprint density at radius 3 is 2.52 bits per heavy atom. The van der Waals surface area contributed by atoms with Gasteiger partial charge < -0.3 is 15.3 Å². The van der Waals surface area contributed by atoms with Crippen molar-refractivity contribution >= 4 is 27.6 Å². The maximum atomic E-state index is 10.8. The van der Waals surface area contributed by atoms with Gasteiger partial charge in [-0.2, -0.15) is 0 Å². The van der Waals surface area contributed by atoms with Crippen LogP contribution < -0.4 is 0 Å². The predicted molar refractivity (Wildman–Crippen MR) is 108 cm³/mol. The summed E-state index contributed by atoms with van der Waals surface area (Å²) in [5.74, 6) is 0.220. The Morgan fingerprint density at radius 2 is 1.63 bits per heavy atom. The van der Waals surface area contributed by atoms with E-state index in [0.717, 1.165) is 54.9 Å². The van der Waals surface area contributed by atoms with E-state index < -0.39 is 12.2 Å². The number of phenols is 1. The average Bonchev–Trinajstić information content (AvgIpc) is 2.99. The van der Waals surface area contributed by atoms with Crippen molar-refractivity contribution in [1.29, 1.82) is 0 Å². The van der Waals surface area contributed by atoms with E-state index in [4.69, 9.17) is 0 Å². The van der Waals surface area contributed by atoms with Gasteiger partial charge in [-0.25, -0.2) is 0 Å². The Balaban J connectivity index is 1.90. The molecule has 2 aliphatic rings. The van der Waals surface area contributed by atoms with Crippen molar-refractivity contribution in [1.82, 2.24) is 0 Å². The summed E-state index contributed by atoms with van der Waals surface area (Å²) in [7, 11) is 0. The molecule has 3 N–H and O–H groups in total. The predicted octanol–water partition coefficient (Wildman–Crippen LogP) is 4.77. The van der Waals surface area contributed by atoms with E-state index >= 15 is 0 Å². The highest BCUT2D eigenvalue weighted by Crippen LogP contribution is 2.54. The molecular formula is C24H16O3. The Bertz CT molecular complexity index is 1320. The van der Waals surface area contributed by atoms with Gasteiger partial charge in [-0.05, 0) is 79.2 Å². The van der Waals surface area contributed by atoms with Crippen molar-refractivity contribution in [2.24, 2.45) is 0 Å². The fourth-order valence-electron chi connectivity index (χ4n) is 4.71. The molecule has 0 aliphatic heterocycles. The summed E-state index contributed by atoms with van der Waals surface area (Å²) in [5, 5.41) is 35.6. The van der Waals surface area contributed by atoms with Gasteiger partial charge in [0, 0.05) is 0 Å². The molecule has 2 unspecified atom stereocenters. The normalized spacial score (nSPS) is 19.5. The first-order valence-corrected chi connectivity index (χ1v) is 9.04. The second-order valence-corrected chi connectivity index (χ2v) is 7.35. The molecule has 0 aromatic heterocycles. The molecule has 2 atom stereocenters. The quantitative estimate of drug-likeness (QED) is 0.352. The third-order valence-corrected chi connectivity index (χ3v) is 5.87. The summed E-state index contributed by atoms with van der Waals surface area (Å²) in [6, 6.07) is 17.9. The van der Waals surface area contributed by atoms with Crippen LogP contribution in [-0.4, -0.2) is 21.4 Å². The molecule has 3 nitrogen and oxygen atoms in total. The van der Waals surface area contributed by atoms with Crippen LogP contribution in [0, 0.1) is 0 Å². The van der Waals surface area contributed by atoms with Gasteiger partial charge in [0.2, 0.25) is 0 Å². The first-order chi connectivity index (χ1) is 13.1. The molecule has 0 fully saturated rings. The van der Waals surface area contributed by atoms with Crippen molar-refractivity contribution in [3.05, 3.63) is 71.8 Å². The van der Waals surface area contributed by atoms with Crippen molar-refractivity contribution in [2.75, 3.05) is 0 Å². The fraction of sp³-hybridized carbons (Fsp3) is 0.0833. The van der Waals surface area contributed by atoms with Gasteiger partial charge in [-0.3, -0.25) is 0 Å². The Hall–Kier alpha value is -3.14. The number of hydrogen-bond donors (Lipinski definition) is 3. The number of aromatic hydroxyl groups is 1. The molecule has 130 valence electrons. The van der Waals surface area contributed by atoms with Crippen LogP contribution in [0.3, 0.4) is 0 Å². The lowest BCUT2D eigenvalue weighted by molar-refractivity contribution is 0.0475. The molecule has 4 aromatic carbocycles. The monoisotopic (exact) mass is 352 g/mol. The van der Waals surface area contributed by atoms with Crippen LogP contribution in [0.5, 0.6) is 5.75 Å². The zero-order valence-corrected chi connectivity index (χ0v) is 14.3. The number of hydrogen-bond acceptors (Lipinski definition) is 3. The molecule has 0 heterocycles. The molecule has 27 heavy (non-hydrogen) atoms. The molecule has 0 amide bonds. The van der Waals surface area contributed by atoms with Gasteiger partial charge in [0.1, 0.15) is 18.0 Å². The molecule has 3 heteroatoms. The zero-order valence-electron chi connectivity index (χ0n) is 14.3. The molecule has 4 aromatic rings. The summed E-state index contributed by atoms with van der Waals surface area (Å²) >= 11 is 0. The summed E-state index contributed by atoms with van der Waals surface area (Å²) in [5.41, 5.74) is 5.67. The SMILES string of the molecule is Oc1ccc2c(c1)-c1cc3ccccc3c3cc4c(c-2c13)C(O)C(O)C=C4. The number of aliphatic hydroxyl groups excluding tert-OH is 2. The van der Waals surface area contributed by atoms with E-state index in [-0.39, 0.29) is 5.75 Å². The van der Waals surface area contributed by atoms with Crippen LogP contribution in [0.1, 0.15) is 17.2 Å². The van der Waals surface area contributed by atoms with Crippen LogP contribution in [0.2, 0.25) is 0 Å². The second kappa shape index (κ2) is 4.97. The maximum Gasteiger partial charge on any atom is 0.116 e. The van der Waals surface area contributed by atoms with Crippen LogP contribution in [-0.2, 0) is 0 Å². The number of phenolic OH excluding ortho intramolecular Hbond substituents is 1. The van der Waals surface area contributed by atoms with E-state index in [1.165, 1.54) is 0 Å². The summed E-state index contributed by atoms with van der Waals surface area (Å²) < 4.78 is 0.